The van der Waals surface area contributed by atoms with E-state index in [1.165, 1.54) is 37.1 Å². The molecule has 0 aliphatic carbocycles. The lowest BCUT2D eigenvalue weighted by molar-refractivity contribution is 0.0155. The topological polar surface area (TPSA) is 15.7 Å². The predicted octanol–water partition coefficient (Wildman–Crippen LogP) is 2.66. The molecule has 1 aromatic rings. The van der Waals surface area contributed by atoms with Crippen LogP contribution in [-0.4, -0.2) is 60.2 Å². The number of morpholine rings is 1. The molecule has 3 nitrogen and oxygen atoms in total. The third-order valence-electron chi connectivity index (χ3n) is 4.69. The highest BCUT2D eigenvalue weighted by Gasteiger charge is 2.27. The summed E-state index contributed by atoms with van der Waals surface area (Å²) in [6, 6.07) is 9.14. The Morgan fingerprint density at radius 3 is 2.64 bits per heavy atom. The van der Waals surface area contributed by atoms with Crippen LogP contribution in [0.3, 0.4) is 0 Å². The molecule has 0 bridgehead atoms. The lowest BCUT2D eigenvalue weighted by atomic mass is 10.1. The summed E-state index contributed by atoms with van der Waals surface area (Å²) in [4.78, 5) is 6.04. The molecular weight excluding hydrogens is 292 g/mol. The number of thiocarbonyl (C=S) groups is 1. The summed E-state index contributed by atoms with van der Waals surface area (Å²) in [6.07, 6.45) is 3.54. The Hall–Kier alpha value is -0.970. The van der Waals surface area contributed by atoms with E-state index < -0.39 is 0 Å². The second-order valence-corrected chi connectivity index (χ2v) is 6.96. The van der Waals surface area contributed by atoms with E-state index in [2.05, 4.69) is 41.0 Å². The van der Waals surface area contributed by atoms with E-state index in [4.69, 9.17) is 17.0 Å². The largest absolute Gasteiger partial charge is 0.377 e. The molecule has 2 saturated heterocycles. The van der Waals surface area contributed by atoms with Gasteiger partial charge in [-0.25, -0.2) is 0 Å². The molecular formula is C18H26N2OS. The Kier molecular flexibility index (Phi) is 5.45. The molecule has 0 aromatic heterocycles. The lowest BCUT2D eigenvalue weighted by Crippen LogP contribution is -2.53. The quantitative estimate of drug-likeness (QED) is 0.793. The third-order valence-corrected chi connectivity index (χ3v) is 5.07. The van der Waals surface area contributed by atoms with Crippen LogP contribution >= 0.6 is 12.2 Å². The number of nitrogens with zero attached hydrogens (tertiary/aromatic N) is 2. The minimum Gasteiger partial charge on any atom is -0.377 e. The van der Waals surface area contributed by atoms with E-state index >= 15 is 0 Å². The van der Waals surface area contributed by atoms with Crippen LogP contribution in [0.25, 0.3) is 0 Å². The van der Waals surface area contributed by atoms with E-state index in [0.29, 0.717) is 6.04 Å². The Bertz CT molecular complexity index is 496. The van der Waals surface area contributed by atoms with Gasteiger partial charge in [0, 0.05) is 19.5 Å². The fourth-order valence-electron chi connectivity index (χ4n) is 3.38. The average molecular weight is 318 g/mol. The number of ether oxygens (including phenoxy) is 1. The molecule has 0 amide bonds. The third kappa shape index (κ3) is 4.06. The number of likely N-dealkylation sites (tertiary alicyclic amines) is 1. The van der Waals surface area contributed by atoms with Gasteiger partial charge in [0.05, 0.1) is 24.2 Å². The van der Waals surface area contributed by atoms with Crippen LogP contribution in [0.1, 0.15) is 24.0 Å². The van der Waals surface area contributed by atoms with Crippen molar-refractivity contribution < 1.29 is 4.74 Å². The predicted molar refractivity (Wildman–Crippen MR) is 94.5 cm³/mol. The molecule has 4 heteroatoms. The van der Waals surface area contributed by atoms with Gasteiger partial charge in [-0.05, 0) is 38.4 Å². The molecule has 0 spiro atoms. The molecule has 1 unspecified atom stereocenters. The van der Waals surface area contributed by atoms with Crippen molar-refractivity contribution in [1.82, 2.24) is 9.80 Å². The minimum atomic E-state index is 0.421. The molecule has 2 aliphatic rings. The van der Waals surface area contributed by atoms with Gasteiger partial charge in [0.2, 0.25) is 0 Å². The summed E-state index contributed by atoms with van der Waals surface area (Å²) in [5.74, 6) is 0. The first-order valence-electron chi connectivity index (χ1n) is 8.37. The van der Waals surface area contributed by atoms with Crippen LogP contribution in [0.4, 0.5) is 0 Å². The average Bonchev–Trinajstić information content (AvgIpc) is 3.03. The standard InChI is InChI=1S/C18H26N2OS/c1-15-4-6-16(7-5-15)12-18(22)20-10-11-21-14-17(20)13-19-8-2-3-9-19/h4-7,17H,2-3,8-14H2,1H3. The number of benzene rings is 1. The van der Waals surface area contributed by atoms with E-state index in [0.717, 1.165) is 37.7 Å². The second kappa shape index (κ2) is 7.53. The smallest absolute Gasteiger partial charge is 0.0828 e. The van der Waals surface area contributed by atoms with Gasteiger partial charge < -0.3 is 14.5 Å². The molecule has 2 heterocycles. The zero-order valence-electron chi connectivity index (χ0n) is 13.5. The molecule has 1 atom stereocenters. The van der Waals surface area contributed by atoms with Gasteiger partial charge in [-0.1, -0.05) is 42.0 Å². The van der Waals surface area contributed by atoms with Crippen LogP contribution in [-0.2, 0) is 11.2 Å². The summed E-state index contributed by atoms with van der Waals surface area (Å²) in [7, 11) is 0. The van der Waals surface area contributed by atoms with Crippen LogP contribution in [0.2, 0.25) is 0 Å². The van der Waals surface area contributed by atoms with E-state index in [9.17, 15) is 0 Å². The number of aryl methyl sites for hydroxylation is 1. The number of hydrogen-bond donors (Lipinski definition) is 0. The van der Waals surface area contributed by atoms with Crippen molar-refractivity contribution >= 4 is 17.2 Å². The van der Waals surface area contributed by atoms with Gasteiger partial charge in [-0.2, -0.15) is 0 Å². The Morgan fingerprint density at radius 1 is 1.18 bits per heavy atom. The van der Waals surface area contributed by atoms with E-state index in [-0.39, 0.29) is 0 Å². The second-order valence-electron chi connectivity index (χ2n) is 6.49. The van der Waals surface area contributed by atoms with Gasteiger partial charge >= 0.3 is 0 Å². The molecule has 0 saturated carbocycles. The maximum atomic E-state index is 5.76. The van der Waals surface area contributed by atoms with E-state index in [1.807, 2.05) is 0 Å². The highest BCUT2D eigenvalue weighted by Crippen LogP contribution is 2.16. The molecule has 2 aliphatic heterocycles. The van der Waals surface area contributed by atoms with Crippen LogP contribution < -0.4 is 0 Å². The minimum absolute atomic E-state index is 0.421. The number of rotatable bonds is 4. The van der Waals surface area contributed by atoms with Crippen molar-refractivity contribution in [2.75, 3.05) is 39.4 Å². The van der Waals surface area contributed by atoms with Crippen molar-refractivity contribution in [2.45, 2.75) is 32.2 Å². The van der Waals surface area contributed by atoms with Gasteiger partial charge in [0.25, 0.3) is 0 Å². The van der Waals surface area contributed by atoms with Gasteiger partial charge in [-0.15, -0.1) is 0 Å². The van der Waals surface area contributed by atoms with Gasteiger partial charge in [-0.3, -0.25) is 0 Å². The van der Waals surface area contributed by atoms with Crippen molar-refractivity contribution in [3.63, 3.8) is 0 Å². The summed E-state index contributed by atoms with van der Waals surface area (Å²) < 4.78 is 5.71. The molecule has 22 heavy (non-hydrogen) atoms. The van der Waals surface area contributed by atoms with Gasteiger partial charge in [0.15, 0.2) is 0 Å². The van der Waals surface area contributed by atoms with Crippen molar-refractivity contribution in [3.05, 3.63) is 35.4 Å². The monoisotopic (exact) mass is 318 g/mol. The summed E-state index contributed by atoms with van der Waals surface area (Å²) in [5, 5.41) is 0. The molecule has 3 rings (SSSR count). The number of hydrogen-bond acceptors (Lipinski definition) is 3. The molecule has 0 N–H and O–H groups in total. The lowest BCUT2D eigenvalue weighted by Gasteiger charge is -2.39. The zero-order chi connectivity index (χ0) is 15.4. The van der Waals surface area contributed by atoms with E-state index in [1.54, 1.807) is 0 Å². The molecule has 0 radical (unpaired) electrons. The maximum absolute atomic E-state index is 5.76. The molecule has 120 valence electrons. The maximum Gasteiger partial charge on any atom is 0.0828 e. The van der Waals surface area contributed by atoms with Crippen molar-refractivity contribution in [2.24, 2.45) is 0 Å². The fraction of sp³-hybridized carbons (Fsp3) is 0.611. The summed E-state index contributed by atoms with van der Waals surface area (Å²) in [6.45, 7) is 8.21. The summed E-state index contributed by atoms with van der Waals surface area (Å²) >= 11 is 5.76. The summed E-state index contributed by atoms with van der Waals surface area (Å²) in [5.41, 5.74) is 2.61. The molecule has 2 fully saturated rings. The first-order chi connectivity index (χ1) is 10.7. The van der Waals surface area contributed by atoms with Crippen LogP contribution in [0.15, 0.2) is 24.3 Å². The first kappa shape index (κ1) is 15.9. The first-order valence-corrected chi connectivity index (χ1v) is 8.78. The fourth-order valence-corrected chi connectivity index (χ4v) is 3.79. The molecule has 1 aromatic carbocycles. The Balaban J connectivity index is 1.61. The van der Waals surface area contributed by atoms with Crippen LogP contribution in [0.5, 0.6) is 0 Å². The van der Waals surface area contributed by atoms with Crippen molar-refractivity contribution in [3.8, 4) is 0 Å². The Labute approximate surface area is 139 Å². The zero-order valence-corrected chi connectivity index (χ0v) is 14.3. The highest BCUT2D eigenvalue weighted by atomic mass is 32.1. The van der Waals surface area contributed by atoms with Crippen LogP contribution in [0, 0.1) is 6.92 Å². The van der Waals surface area contributed by atoms with Gasteiger partial charge in [0.1, 0.15) is 0 Å². The SMILES string of the molecule is Cc1ccc(CC(=S)N2CCOCC2CN2CCCC2)cc1. The van der Waals surface area contributed by atoms with Crippen molar-refractivity contribution in [1.29, 1.82) is 0 Å². The highest BCUT2D eigenvalue weighted by molar-refractivity contribution is 7.80. The Morgan fingerprint density at radius 2 is 1.91 bits per heavy atom. The normalized spacial score (nSPS) is 23.0.